The Labute approximate surface area is 121 Å². The van der Waals surface area contributed by atoms with E-state index in [2.05, 4.69) is 15.6 Å². The molecule has 0 spiro atoms. The quantitative estimate of drug-likeness (QED) is 0.657. The number of benzene rings is 1. The van der Waals surface area contributed by atoms with Crippen molar-refractivity contribution in [3.8, 4) is 0 Å². The highest BCUT2D eigenvalue weighted by Crippen LogP contribution is 2.09. The van der Waals surface area contributed by atoms with Crippen molar-refractivity contribution in [3.05, 3.63) is 59.6 Å². The fourth-order valence-electron chi connectivity index (χ4n) is 1.84. The van der Waals surface area contributed by atoms with Gasteiger partial charge in [-0.15, -0.1) is 0 Å². The molecule has 2 N–H and O–H groups in total. The molecule has 0 atom stereocenters. The van der Waals surface area contributed by atoms with Crippen molar-refractivity contribution in [3.63, 3.8) is 0 Å². The van der Waals surface area contributed by atoms with Gasteiger partial charge < -0.3 is 15.1 Å². The lowest BCUT2D eigenvalue weighted by Gasteiger charge is -2.12. The normalized spacial score (nSPS) is 11.5. The third kappa shape index (κ3) is 4.59. The van der Waals surface area contributed by atoms with Crippen molar-refractivity contribution in [2.45, 2.75) is 13.0 Å². The van der Waals surface area contributed by atoms with Gasteiger partial charge in [0.15, 0.2) is 5.96 Å². The molecule has 1 heterocycles. The second kappa shape index (κ2) is 7.42. The van der Waals surface area contributed by atoms with Gasteiger partial charge in [0.1, 0.15) is 17.4 Å². The lowest BCUT2D eigenvalue weighted by atomic mass is 10.2. The maximum Gasteiger partial charge on any atom is 0.191 e. The summed E-state index contributed by atoms with van der Waals surface area (Å²) in [6, 6.07) is 7.09. The highest BCUT2D eigenvalue weighted by Gasteiger charge is 2.05. The highest BCUT2D eigenvalue weighted by molar-refractivity contribution is 5.79. The van der Waals surface area contributed by atoms with Crippen LogP contribution in [0.3, 0.4) is 0 Å². The van der Waals surface area contributed by atoms with Crippen LogP contribution in [0.25, 0.3) is 0 Å². The third-order valence-corrected chi connectivity index (χ3v) is 2.92. The van der Waals surface area contributed by atoms with E-state index in [1.807, 2.05) is 12.1 Å². The average Bonchev–Trinajstić information content (AvgIpc) is 2.99. The molecule has 0 aliphatic rings. The van der Waals surface area contributed by atoms with E-state index in [9.17, 15) is 8.78 Å². The zero-order chi connectivity index (χ0) is 15.1. The van der Waals surface area contributed by atoms with Gasteiger partial charge in [-0.25, -0.2) is 8.78 Å². The monoisotopic (exact) mass is 293 g/mol. The molecule has 21 heavy (non-hydrogen) atoms. The topological polar surface area (TPSA) is 49.6 Å². The number of aliphatic imine (C=N–C) groups is 1. The Bertz CT molecular complexity index is 597. The lowest BCUT2D eigenvalue weighted by molar-refractivity contribution is 0.506. The molecule has 0 unspecified atom stereocenters. The zero-order valence-corrected chi connectivity index (χ0v) is 11.7. The van der Waals surface area contributed by atoms with Crippen LogP contribution in [0.15, 0.2) is 46.0 Å². The van der Waals surface area contributed by atoms with Gasteiger partial charge in [-0.05, 0) is 30.3 Å². The van der Waals surface area contributed by atoms with Gasteiger partial charge in [-0.3, -0.25) is 4.99 Å². The smallest absolute Gasteiger partial charge is 0.191 e. The van der Waals surface area contributed by atoms with Crippen molar-refractivity contribution >= 4 is 5.96 Å². The van der Waals surface area contributed by atoms with Crippen LogP contribution in [0.1, 0.15) is 11.3 Å². The SMILES string of the molecule is CN=C(NCCc1ccco1)NCc1cc(F)ccc1F. The molecule has 0 aliphatic carbocycles. The molecule has 6 heteroatoms. The van der Waals surface area contributed by atoms with E-state index in [0.717, 1.165) is 17.9 Å². The van der Waals surface area contributed by atoms with Crippen LogP contribution in [0.5, 0.6) is 0 Å². The second-order valence-electron chi connectivity index (χ2n) is 4.42. The first-order valence-corrected chi connectivity index (χ1v) is 6.60. The zero-order valence-electron chi connectivity index (χ0n) is 11.7. The summed E-state index contributed by atoms with van der Waals surface area (Å²) in [6.07, 6.45) is 2.33. The van der Waals surface area contributed by atoms with Crippen molar-refractivity contribution in [1.82, 2.24) is 10.6 Å². The first kappa shape index (κ1) is 15.0. The van der Waals surface area contributed by atoms with E-state index in [4.69, 9.17) is 4.42 Å². The van der Waals surface area contributed by atoms with Gasteiger partial charge in [0, 0.05) is 32.1 Å². The van der Waals surface area contributed by atoms with Gasteiger partial charge in [-0.1, -0.05) is 0 Å². The van der Waals surface area contributed by atoms with Crippen LogP contribution in [-0.2, 0) is 13.0 Å². The molecule has 0 fully saturated rings. The predicted molar refractivity (Wildman–Crippen MR) is 77.0 cm³/mol. The molecule has 0 radical (unpaired) electrons. The van der Waals surface area contributed by atoms with E-state index in [1.54, 1.807) is 13.3 Å². The molecule has 0 bridgehead atoms. The minimum Gasteiger partial charge on any atom is -0.469 e. The van der Waals surface area contributed by atoms with Gasteiger partial charge in [-0.2, -0.15) is 0 Å². The van der Waals surface area contributed by atoms with Gasteiger partial charge >= 0.3 is 0 Å². The maximum absolute atomic E-state index is 13.5. The number of hydrogen-bond donors (Lipinski definition) is 2. The maximum atomic E-state index is 13.5. The summed E-state index contributed by atoms with van der Waals surface area (Å²) in [5.41, 5.74) is 0.254. The lowest BCUT2D eigenvalue weighted by Crippen LogP contribution is -2.38. The van der Waals surface area contributed by atoms with Crippen molar-refractivity contribution in [2.75, 3.05) is 13.6 Å². The number of furan rings is 1. The molecule has 2 rings (SSSR count). The molecular weight excluding hydrogens is 276 g/mol. The Morgan fingerprint density at radius 3 is 2.81 bits per heavy atom. The van der Waals surface area contributed by atoms with Crippen molar-refractivity contribution in [1.29, 1.82) is 0 Å². The first-order chi connectivity index (χ1) is 10.2. The summed E-state index contributed by atoms with van der Waals surface area (Å²) in [5.74, 6) is 0.475. The molecule has 4 nitrogen and oxygen atoms in total. The summed E-state index contributed by atoms with van der Waals surface area (Å²) < 4.78 is 31.8. The van der Waals surface area contributed by atoms with Gasteiger partial charge in [0.25, 0.3) is 0 Å². The fourth-order valence-corrected chi connectivity index (χ4v) is 1.84. The Morgan fingerprint density at radius 1 is 1.24 bits per heavy atom. The molecular formula is C15H17F2N3O. The summed E-state index contributed by atoms with van der Waals surface area (Å²) in [7, 11) is 1.62. The number of rotatable bonds is 5. The van der Waals surface area contributed by atoms with E-state index >= 15 is 0 Å². The summed E-state index contributed by atoms with van der Waals surface area (Å²) >= 11 is 0. The molecule has 0 amide bonds. The Hall–Kier alpha value is -2.37. The van der Waals surface area contributed by atoms with E-state index in [0.29, 0.717) is 18.9 Å². The van der Waals surface area contributed by atoms with Crippen LogP contribution in [0.4, 0.5) is 8.78 Å². The molecule has 112 valence electrons. The van der Waals surface area contributed by atoms with E-state index in [-0.39, 0.29) is 12.1 Å². The van der Waals surface area contributed by atoms with Crippen LogP contribution >= 0.6 is 0 Å². The first-order valence-electron chi connectivity index (χ1n) is 6.60. The predicted octanol–water partition coefficient (Wildman–Crippen LogP) is 2.47. The Kier molecular flexibility index (Phi) is 5.31. The minimum absolute atomic E-state index is 0.157. The standard InChI is InChI=1S/C15H17F2N3O/c1-18-15(19-7-6-13-3-2-8-21-13)20-10-11-9-12(16)4-5-14(11)17/h2-5,8-9H,6-7,10H2,1H3,(H2,18,19,20). The largest absolute Gasteiger partial charge is 0.469 e. The van der Waals surface area contributed by atoms with Crippen LogP contribution in [0, 0.1) is 11.6 Å². The molecule has 2 aromatic rings. The number of nitrogens with one attached hydrogen (secondary N) is 2. The minimum atomic E-state index is -0.464. The molecule has 0 saturated heterocycles. The molecule has 1 aromatic heterocycles. The van der Waals surface area contributed by atoms with Crippen LogP contribution < -0.4 is 10.6 Å². The van der Waals surface area contributed by atoms with E-state index in [1.165, 1.54) is 6.07 Å². The summed E-state index contributed by atoms with van der Waals surface area (Å²) in [5, 5.41) is 6.01. The number of guanidine groups is 1. The molecule has 0 saturated carbocycles. The van der Waals surface area contributed by atoms with Crippen molar-refractivity contribution < 1.29 is 13.2 Å². The number of halogens is 2. The van der Waals surface area contributed by atoms with Crippen LogP contribution in [0.2, 0.25) is 0 Å². The van der Waals surface area contributed by atoms with Crippen molar-refractivity contribution in [2.24, 2.45) is 4.99 Å². The van der Waals surface area contributed by atoms with Gasteiger partial charge in [0.05, 0.1) is 6.26 Å². The Morgan fingerprint density at radius 2 is 2.10 bits per heavy atom. The summed E-state index contributed by atoms with van der Waals surface area (Å²) in [4.78, 5) is 4.02. The highest BCUT2D eigenvalue weighted by atomic mass is 19.1. The number of hydrogen-bond acceptors (Lipinski definition) is 2. The second-order valence-corrected chi connectivity index (χ2v) is 4.42. The third-order valence-electron chi connectivity index (χ3n) is 2.92. The molecule has 0 aliphatic heterocycles. The van der Waals surface area contributed by atoms with Gasteiger partial charge in [0.2, 0.25) is 0 Å². The number of nitrogens with zero attached hydrogens (tertiary/aromatic N) is 1. The van der Waals surface area contributed by atoms with Crippen LogP contribution in [-0.4, -0.2) is 19.6 Å². The molecule has 1 aromatic carbocycles. The average molecular weight is 293 g/mol. The Balaban J connectivity index is 1.81. The fraction of sp³-hybridized carbons (Fsp3) is 0.267. The van der Waals surface area contributed by atoms with E-state index < -0.39 is 11.6 Å². The summed E-state index contributed by atoms with van der Waals surface area (Å²) in [6.45, 7) is 0.781.